The van der Waals surface area contributed by atoms with Gasteiger partial charge in [0, 0.05) is 12.3 Å². The number of aromatic nitrogens is 2. The van der Waals surface area contributed by atoms with Crippen LogP contribution < -0.4 is 11.2 Å². The maximum atomic E-state index is 14.2. The fourth-order valence-electron chi connectivity index (χ4n) is 3.61. The number of carbonyl (C=O) groups excluding carboxylic acids is 2. The van der Waals surface area contributed by atoms with Gasteiger partial charge in [-0.15, -0.1) is 0 Å². The number of carbonyl (C=O) groups is 2. The molecule has 5 atom stereocenters. The summed E-state index contributed by atoms with van der Waals surface area (Å²) in [4.78, 5) is 48.5. The van der Waals surface area contributed by atoms with E-state index in [2.05, 4.69) is 9.47 Å². The van der Waals surface area contributed by atoms with Crippen molar-refractivity contribution >= 4 is 20.1 Å². The van der Waals surface area contributed by atoms with Gasteiger partial charge in [0.25, 0.3) is 5.56 Å². The molecule has 0 radical (unpaired) electrons. The zero-order valence-corrected chi connectivity index (χ0v) is 21.7. The van der Waals surface area contributed by atoms with Crippen LogP contribution in [-0.4, -0.2) is 77.7 Å². The van der Waals surface area contributed by atoms with Gasteiger partial charge < -0.3 is 28.8 Å². The Labute approximate surface area is 214 Å². The Morgan fingerprint density at radius 2 is 1.68 bits per heavy atom. The molecule has 1 aromatic rings. The molecule has 1 aromatic heterocycles. The van der Waals surface area contributed by atoms with Crippen LogP contribution in [0.1, 0.15) is 33.9 Å². The van der Waals surface area contributed by atoms with Gasteiger partial charge in [0.2, 0.25) is 13.6 Å². The second-order valence-electron chi connectivity index (χ2n) is 8.74. The number of nitrogens with one attached hydrogen (secondary N) is 1. The highest BCUT2D eigenvalue weighted by atomic mass is 31.2. The molecule has 1 saturated carbocycles. The number of halogens is 1. The molecule has 0 spiro atoms. The van der Waals surface area contributed by atoms with Crippen molar-refractivity contribution in [2.24, 2.45) is 5.41 Å². The molecule has 1 aliphatic heterocycles. The average molecular weight is 570 g/mol. The van der Waals surface area contributed by atoms with Crippen LogP contribution in [0, 0.1) is 5.41 Å². The van der Waals surface area contributed by atoms with Crippen LogP contribution >= 0.6 is 7.82 Å². The number of rotatable bonds is 12. The van der Waals surface area contributed by atoms with Gasteiger partial charge in [-0.05, 0) is 27.7 Å². The highest BCUT2D eigenvalue weighted by Crippen LogP contribution is 2.67. The topological polar surface area (TPSA) is 200 Å². The van der Waals surface area contributed by atoms with Gasteiger partial charge in [-0.25, -0.2) is 28.0 Å². The minimum atomic E-state index is -4.78. The zero-order valence-electron chi connectivity index (χ0n) is 20.8. The minimum Gasteiger partial charge on any atom is -0.432 e. The molecule has 1 unspecified atom stereocenters. The molecule has 214 valence electrons. The van der Waals surface area contributed by atoms with E-state index in [1.807, 2.05) is 4.98 Å². The summed E-state index contributed by atoms with van der Waals surface area (Å²) in [6.45, 7) is 2.95. The standard InChI is InChI=1S/C20H28FN2O14P/c1-10(2)34-18(27)30-8-32-38(29,33-9-31-19(28)35-11(3)4)37-15-14-20(15,7-21)13(25)16(36-14)23-6-5-12(24)22-17(23)26/h5-6,10-11,13-16,25H,7-9H2,1-4H3,(H,22,24,26)/t13-,14+,15?,16+,20+/m0/s1. The van der Waals surface area contributed by atoms with Crippen LogP contribution in [0.5, 0.6) is 0 Å². The van der Waals surface area contributed by atoms with E-state index in [-0.39, 0.29) is 0 Å². The number of aliphatic hydroxyl groups is 1. The molecule has 0 aromatic carbocycles. The number of phosphoric acid groups is 1. The van der Waals surface area contributed by atoms with Gasteiger partial charge in [-0.1, -0.05) is 0 Å². The van der Waals surface area contributed by atoms with Crippen molar-refractivity contribution in [3.8, 4) is 0 Å². The number of aliphatic hydroxyl groups excluding tert-OH is 1. The van der Waals surface area contributed by atoms with E-state index < -0.39 is 93.8 Å². The lowest BCUT2D eigenvalue weighted by atomic mass is 10.0. The first-order chi connectivity index (χ1) is 17.8. The molecule has 3 rings (SSSR count). The molecule has 2 fully saturated rings. The molecular formula is C20H28FN2O14P. The summed E-state index contributed by atoms with van der Waals surface area (Å²) >= 11 is 0. The number of aromatic amines is 1. The monoisotopic (exact) mass is 570 g/mol. The van der Waals surface area contributed by atoms with Gasteiger partial charge in [-0.2, -0.15) is 0 Å². The average Bonchev–Trinajstić information content (AvgIpc) is 3.29. The third-order valence-corrected chi connectivity index (χ3v) is 6.70. The lowest BCUT2D eigenvalue weighted by Crippen LogP contribution is -2.40. The Hall–Kier alpha value is -2.82. The normalized spacial score (nSPS) is 26.2. The number of fused-ring (bicyclic) bond motifs is 1. The minimum absolute atomic E-state index is 0.529. The first kappa shape index (κ1) is 29.7. The van der Waals surface area contributed by atoms with Crippen LogP contribution in [0.2, 0.25) is 0 Å². The maximum Gasteiger partial charge on any atom is 0.510 e. The molecule has 0 bridgehead atoms. The maximum absolute atomic E-state index is 14.2. The summed E-state index contributed by atoms with van der Waals surface area (Å²) in [5, 5.41) is 10.8. The summed E-state index contributed by atoms with van der Waals surface area (Å²) < 4.78 is 67.7. The van der Waals surface area contributed by atoms with E-state index in [1.54, 1.807) is 27.7 Å². The van der Waals surface area contributed by atoms with E-state index >= 15 is 0 Å². The van der Waals surface area contributed by atoms with Crippen molar-refractivity contribution in [3.05, 3.63) is 33.1 Å². The number of phosphoric ester groups is 1. The summed E-state index contributed by atoms with van der Waals surface area (Å²) in [6.07, 6.45) is -8.09. The molecule has 18 heteroatoms. The molecule has 1 aliphatic carbocycles. The van der Waals surface area contributed by atoms with Gasteiger partial charge >= 0.3 is 25.8 Å². The van der Waals surface area contributed by atoms with E-state index in [0.717, 1.165) is 16.8 Å². The first-order valence-electron chi connectivity index (χ1n) is 11.3. The van der Waals surface area contributed by atoms with Crippen LogP contribution in [-0.2, 0) is 41.8 Å². The quantitative estimate of drug-likeness (QED) is 0.207. The van der Waals surface area contributed by atoms with Crippen molar-refractivity contribution in [2.75, 3.05) is 20.3 Å². The summed E-state index contributed by atoms with van der Waals surface area (Å²) in [5.41, 5.74) is -3.40. The van der Waals surface area contributed by atoms with Crippen molar-refractivity contribution in [1.82, 2.24) is 9.55 Å². The zero-order chi connectivity index (χ0) is 28.3. The van der Waals surface area contributed by atoms with Crippen LogP contribution in [0.15, 0.2) is 21.9 Å². The number of alkyl halides is 1. The van der Waals surface area contributed by atoms with Gasteiger partial charge in [0.1, 0.15) is 25.0 Å². The van der Waals surface area contributed by atoms with Gasteiger partial charge in [-0.3, -0.25) is 23.3 Å². The fraction of sp³-hybridized carbons (Fsp3) is 0.700. The predicted molar refractivity (Wildman–Crippen MR) is 119 cm³/mol. The van der Waals surface area contributed by atoms with Gasteiger partial charge in [0.15, 0.2) is 6.23 Å². The summed E-state index contributed by atoms with van der Waals surface area (Å²) in [6, 6.07) is 1.00. The molecule has 2 aliphatic rings. The molecule has 38 heavy (non-hydrogen) atoms. The Kier molecular flexibility index (Phi) is 9.33. The molecule has 0 amide bonds. The number of hydrogen-bond donors (Lipinski definition) is 2. The van der Waals surface area contributed by atoms with E-state index in [0.29, 0.717) is 0 Å². The predicted octanol–water partition coefficient (Wildman–Crippen LogP) is 1.33. The fourth-order valence-corrected chi connectivity index (χ4v) is 4.76. The molecular weight excluding hydrogens is 542 g/mol. The molecule has 2 N–H and O–H groups in total. The number of nitrogens with zero attached hydrogens (tertiary/aromatic N) is 1. The van der Waals surface area contributed by atoms with Crippen LogP contribution in [0.3, 0.4) is 0 Å². The largest absolute Gasteiger partial charge is 0.510 e. The Bertz CT molecular complexity index is 1140. The van der Waals surface area contributed by atoms with E-state index in [9.17, 15) is 33.2 Å². The molecule has 2 heterocycles. The highest BCUT2D eigenvalue weighted by molar-refractivity contribution is 7.48. The van der Waals surface area contributed by atoms with Crippen molar-refractivity contribution in [1.29, 1.82) is 0 Å². The van der Waals surface area contributed by atoms with Crippen LogP contribution in [0.25, 0.3) is 0 Å². The van der Waals surface area contributed by atoms with E-state index in [4.69, 9.17) is 27.8 Å². The molecule has 16 nitrogen and oxygen atoms in total. The number of hydrogen-bond acceptors (Lipinski definition) is 14. The Balaban J connectivity index is 1.70. The number of ether oxygens (including phenoxy) is 5. The Morgan fingerprint density at radius 3 is 2.13 bits per heavy atom. The second kappa shape index (κ2) is 11.9. The van der Waals surface area contributed by atoms with E-state index in [1.165, 1.54) is 0 Å². The smallest absolute Gasteiger partial charge is 0.432 e. The SMILES string of the molecule is CC(C)OC(=O)OCOP(=O)(OCOC(=O)OC(C)C)OC1[C@H]2O[C@@H](n3ccc(=O)[nH]c3=O)[C@H](O)[C@@]12CF. The van der Waals surface area contributed by atoms with Crippen molar-refractivity contribution in [3.63, 3.8) is 0 Å². The third-order valence-electron chi connectivity index (χ3n) is 5.37. The first-order valence-corrected chi connectivity index (χ1v) is 12.7. The lowest BCUT2D eigenvalue weighted by Gasteiger charge is -2.26. The number of H-pyrrole nitrogens is 1. The summed E-state index contributed by atoms with van der Waals surface area (Å²) in [5.74, 6) is 0. The lowest BCUT2D eigenvalue weighted by molar-refractivity contribution is -0.0903. The van der Waals surface area contributed by atoms with Gasteiger partial charge in [0.05, 0.1) is 17.6 Å². The Morgan fingerprint density at radius 1 is 1.13 bits per heavy atom. The van der Waals surface area contributed by atoms with Crippen molar-refractivity contribution in [2.45, 2.75) is 64.4 Å². The highest BCUT2D eigenvalue weighted by Gasteiger charge is 2.79. The van der Waals surface area contributed by atoms with Crippen molar-refractivity contribution < 1.29 is 60.9 Å². The third kappa shape index (κ3) is 6.59. The second-order valence-corrected chi connectivity index (χ2v) is 10.4. The summed E-state index contributed by atoms with van der Waals surface area (Å²) in [7, 11) is -4.78. The van der Waals surface area contributed by atoms with Crippen LogP contribution in [0.4, 0.5) is 14.0 Å². The molecule has 1 saturated heterocycles.